The van der Waals surface area contributed by atoms with Crippen molar-refractivity contribution in [3.63, 3.8) is 0 Å². The molecule has 2 rings (SSSR count). The second-order valence-electron chi connectivity index (χ2n) is 3.20. The van der Waals surface area contributed by atoms with Crippen LogP contribution in [-0.4, -0.2) is 26.0 Å². The van der Waals surface area contributed by atoms with Gasteiger partial charge >= 0.3 is 0 Å². The number of anilines is 1. The van der Waals surface area contributed by atoms with Crippen molar-refractivity contribution in [1.29, 1.82) is 0 Å². The van der Waals surface area contributed by atoms with Crippen LogP contribution in [0.1, 0.15) is 0 Å². The number of hydrogen-bond acceptors (Lipinski definition) is 3. The lowest BCUT2D eigenvalue weighted by atomic mass is 9.99. The fraction of sp³-hybridized carbons (Fsp3) is 0.444. The smallest absolute Gasteiger partial charge is 0.226 e. The maximum Gasteiger partial charge on any atom is 0.226 e. The van der Waals surface area contributed by atoms with E-state index in [1.54, 1.807) is 18.4 Å². The molecule has 4 heteroatoms. The molecule has 3 nitrogen and oxygen atoms in total. The van der Waals surface area contributed by atoms with E-state index in [1.807, 2.05) is 0 Å². The predicted octanol–water partition coefficient (Wildman–Crippen LogP) is 0.930. The van der Waals surface area contributed by atoms with Crippen LogP contribution in [0.5, 0.6) is 0 Å². The number of thiophene rings is 1. The number of carbonyl (C=O) groups excluding carboxylic acids is 1. The van der Waals surface area contributed by atoms with Gasteiger partial charge in [0.1, 0.15) is 0 Å². The zero-order valence-electron chi connectivity index (χ0n) is 7.49. The van der Waals surface area contributed by atoms with Crippen LogP contribution in [-0.2, 0) is 4.79 Å². The maximum absolute atomic E-state index is 11.2. The molecule has 0 aliphatic carbocycles. The summed E-state index contributed by atoms with van der Waals surface area (Å²) in [6.45, 7) is 1.72. The normalized spacial score (nSPS) is 16.8. The molecule has 2 heterocycles. The second kappa shape index (κ2) is 3.38. The zero-order valence-corrected chi connectivity index (χ0v) is 8.30. The second-order valence-corrected chi connectivity index (χ2v) is 3.98. The molecule has 0 saturated carbocycles. The Morgan fingerprint density at radius 1 is 1.69 bits per heavy atom. The molecule has 1 amide bonds. The Hall–Kier alpha value is -1.03. The van der Waals surface area contributed by atoms with Gasteiger partial charge in [0.15, 0.2) is 0 Å². The first-order valence-corrected chi connectivity index (χ1v) is 5.24. The van der Waals surface area contributed by atoms with Crippen LogP contribution in [0.25, 0.3) is 0 Å². The lowest BCUT2D eigenvalue weighted by Gasteiger charge is -2.39. The van der Waals surface area contributed by atoms with E-state index in [0.29, 0.717) is 0 Å². The van der Waals surface area contributed by atoms with Gasteiger partial charge in [-0.1, -0.05) is 0 Å². The summed E-state index contributed by atoms with van der Waals surface area (Å²) < 4.78 is 0. The van der Waals surface area contributed by atoms with Gasteiger partial charge in [-0.3, -0.25) is 4.79 Å². The first-order chi connectivity index (χ1) is 6.31. The van der Waals surface area contributed by atoms with Gasteiger partial charge in [-0.05, 0) is 11.4 Å². The Morgan fingerprint density at radius 3 is 3.00 bits per heavy atom. The van der Waals surface area contributed by atoms with Crippen molar-refractivity contribution < 1.29 is 4.79 Å². The largest absolute Gasteiger partial charge is 0.369 e. The van der Waals surface area contributed by atoms with Crippen LogP contribution in [0.2, 0.25) is 0 Å². The summed E-state index contributed by atoms with van der Waals surface area (Å²) in [7, 11) is 1.69. The lowest BCUT2D eigenvalue weighted by Crippen LogP contribution is -2.53. The topological polar surface area (TPSA) is 32.3 Å². The molecule has 1 aliphatic heterocycles. The zero-order chi connectivity index (χ0) is 9.26. The molecule has 1 fully saturated rings. The van der Waals surface area contributed by atoms with Crippen molar-refractivity contribution in [2.24, 2.45) is 5.92 Å². The highest BCUT2D eigenvalue weighted by molar-refractivity contribution is 7.08. The van der Waals surface area contributed by atoms with E-state index in [9.17, 15) is 4.79 Å². The van der Waals surface area contributed by atoms with Gasteiger partial charge in [-0.25, -0.2) is 0 Å². The van der Waals surface area contributed by atoms with Crippen LogP contribution in [0, 0.1) is 5.92 Å². The summed E-state index contributed by atoms with van der Waals surface area (Å²) in [6.07, 6.45) is 0. The molecule has 0 atom stereocenters. The molecule has 1 aromatic heterocycles. The van der Waals surface area contributed by atoms with E-state index >= 15 is 0 Å². The molecule has 1 saturated heterocycles. The van der Waals surface area contributed by atoms with Crippen molar-refractivity contribution in [2.75, 3.05) is 25.0 Å². The quantitative estimate of drug-likeness (QED) is 0.763. The van der Waals surface area contributed by atoms with E-state index in [4.69, 9.17) is 0 Å². The summed E-state index contributed by atoms with van der Waals surface area (Å²) >= 11 is 1.69. The summed E-state index contributed by atoms with van der Waals surface area (Å²) in [6, 6.07) is 2.09. The van der Waals surface area contributed by atoms with E-state index < -0.39 is 0 Å². The Kier molecular flexibility index (Phi) is 2.22. The third kappa shape index (κ3) is 1.54. The van der Waals surface area contributed by atoms with Gasteiger partial charge in [-0.15, -0.1) is 0 Å². The van der Waals surface area contributed by atoms with Gasteiger partial charge < -0.3 is 10.2 Å². The maximum atomic E-state index is 11.2. The van der Waals surface area contributed by atoms with E-state index in [0.717, 1.165) is 13.1 Å². The Labute approximate surface area is 81.4 Å². The van der Waals surface area contributed by atoms with Crippen molar-refractivity contribution in [3.8, 4) is 0 Å². The summed E-state index contributed by atoms with van der Waals surface area (Å²) in [5.41, 5.74) is 1.24. The van der Waals surface area contributed by atoms with Gasteiger partial charge in [0.2, 0.25) is 5.91 Å². The average molecular weight is 196 g/mol. The number of hydrogen-bond donors (Lipinski definition) is 1. The minimum Gasteiger partial charge on any atom is -0.369 e. The van der Waals surface area contributed by atoms with E-state index in [-0.39, 0.29) is 11.8 Å². The molecule has 0 bridgehead atoms. The first-order valence-electron chi connectivity index (χ1n) is 4.30. The molecular weight excluding hydrogens is 184 g/mol. The van der Waals surface area contributed by atoms with Crippen molar-refractivity contribution in [2.45, 2.75) is 0 Å². The first kappa shape index (κ1) is 8.56. The average Bonchev–Trinajstić information content (AvgIpc) is 2.54. The number of nitrogens with one attached hydrogen (secondary N) is 1. The van der Waals surface area contributed by atoms with Gasteiger partial charge in [0.05, 0.1) is 5.92 Å². The molecule has 0 unspecified atom stereocenters. The number of amides is 1. The molecule has 0 aromatic carbocycles. The lowest BCUT2D eigenvalue weighted by molar-refractivity contribution is -0.125. The number of carbonyl (C=O) groups is 1. The highest BCUT2D eigenvalue weighted by atomic mass is 32.1. The van der Waals surface area contributed by atoms with E-state index in [1.165, 1.54) is 5.69 Å². The highest BCUT2D eigenvalue weighted by Gasteiger charge is 2.31. The van der Waals surface area contributed by atoms with Crippen molar-refractivity contribution in [1.82, 2.24) is 5.32 Å². The Morgan fingerprint density at radius 2 is 2.46 bits per heavy atom. The van der Waals surface area contributed by atoms with Crippen LogP contribution >= 0.6 is 11.3 Å². The fourth-order valence-electron chi connectivity index (χ4n) is 1.50. The van der Waals surface area contributed by atoms with Crippen LogP contribution in [0.15, 0.2) is 16.8 Å². The van der Waals surface area contributed by atoms with Crippen molar-refractivity contribution >= 4 is 22.9 Å². The third-order valence-electron chi connectivity index (χ3n) is 2.37. The molecular formula is C9H12N2OS. The minimum atomic E-state index is 0.159. The monoisotopic (exact) mass is 196 g/mol. The standard InChI is InChI=1S/C9H12N2OS/c1-10-9(12)7-4-11(5-7)8-2-3-13-6-8/h2-3,6-7H,4-5H2,1H3,(H,10,12). The van der Waals surface area contributed by atoms with Gasteiger partial charge in [0.25, 0.3) is 0 Å². The number of nitrogens with zero attached hydrogens (tertiary/aromatic N) is 1. The summed E-state index contributed by atoms with van der Waals surface area (Å²) in [4.78, 5) is 13.4. The molecule has 1 aromatic rings. The van der Waals surface area contributed by atoms with Crippen molar-refractivity contribution in [3.05, 3.63) is 16.8 Å². The van der Waals surface area contributed by atoms with Gasteiger partial charge in [-0.2, -0.15) is 11.3 Å². The molecule has 1 N–H and O–H groups in total. The molecule has 70 valence electrons. The third-order valence-corrected chi connectivity index (χ3v) is 3.04. The number of rotatable bonds is 2. The summed E-state index contributed by atoms with van der Waals surface area (Å²) in [5, 5.41) is 6.84. The molecule has 0 spiro atoms. The molecule has 13 heavy (non-hydrogen) atoms. The SMILES string of the molecule is CNC(=O)C1CN(c2ccsc2)C1. The predicted molar refractivity (Wildman–Crippen MR) is 54.1 cm³/mol. The van der Waals surface area contributed by atoms with Gasteiger partial charge in [0, 0.05) is 31.2 Å². The Balaban J connectivity index is 1.89. The molecule has 1 aliphatic rings. The highest BCUT2D eigenvalue weighted by Crippen LogP contribution is 2.26. The Bertz CT molecular complexity index is 291. The van der Waals surface area contributed by atoms with Crippen LogP contribution in [0.4, 0.5) is 5.69 Å². The molecule has 0 radical (unpaired) electrons. The minimum absolute atomic E-state index is 0.159. The fourth-order valence-corrected chi connectivity index (χ4v) is 2.16. The van der Waals surface area contributed by atoms with E-state index in [2.05, 4.69) is 27.0 Å². The van der Waals surface area contributed by atoms with Crippen LogP contribution in [0.3, 0.4) is 0 Å². The van der Waals surface area contributed by atoms with Crippen LogP contribution < -0.4 is 10.2 Å². The summed E-state index contributed by atoms with van der Waals surface area (Å²) in [5.74, 6) is 0.344.